The molecule has 1 aromatic carbocycles. The van der Waals surface area contributed by atoms with E-state index in [0.717, 1.165) is 18.5 Å². The van der Waals surface area contributed by atoms with Gasteiger partial charge in [0.1, 0.15) is 11.3 Å². The first-order valence-electron chi connectivity index (χ1n) is 5.31. The molecule has 4 nitrogen and oxygen atoms in total. The fourth-order valence-electron chi connectivity index (χ4n) is 1.72. The molecule has 1 aliphatic carbocycles. The first-order valence-corrected chi connectivity index (χ1v) is 5.69. The van der Waals surface area contributed by atoms with Gasteiger partial charge in [-0.15, -0.1) is 0 Å². The second kappa shape index (κ2) is 4.45. The van der Waals surface area contributed by atoms with E-state index in [1.807, 2.05) is 6.07 Å². The van der Waals surface area contributed by atoms with Crippen molar-refractivity contribution in [3.05, 3.63) is 23.2 Å². The lowest BCUT2D eigenvalue weighted by atomic mass is 10.2. The smallest absolute Gasteiger partial charge is 0.331 e. The van der Waals surface area contributed by atoms with Crippen molar-refractivity contribution in [3.8, 4) is 5.75 Å². The number of ether oxygens (including phenoxy) is 2. The van der Waals surface area contributed by atoms with E-state index in [4.69, 9.17) is 21.1 Å². The Morgan fingerprint density at radius 1 is 1.41 bits per heavy atom. The summed E-state index contributed by atoms with van der Waals surface area (Å²) >= 11 is 6.01. The van der Waals surface area contributed by atoms with Crippen LogP contribution in [0.2, 0.25) is 5.02 Å². The summed E-state index contributed by atoms with van der Waals surface area (Å²) < 4.78 is 9.83. The van der Waals surface area contributed by atoms with Gasteiger partial charge in [0, 0.05) is 5.69 Å². The van der Waals surface area contributed by atoms with E-state index in [-0.39, 0.29) is 5.97 Å². The predicted octanol–water partition coefficient (Wildman–Crippen LogP) is 2.47. The summed E-state index contributed by atoms with van der Waals surface area (Å²) in [5.41, 5.74) is 0.228. The second-order valence-corrected chi connectivity index (χ2v) is 4.46. The lowest BCUT2D eigenvalue weighted by molar-refractivity contribution is -0.142. The maximum atomic E-state index is 11.6. The van der Waals surface area contributed by atoms with E-state index in [1.54, 1.807) is 19.2 Å². The van der Waals surface area contributed by atoms with Crippen LogP contribution >= 0.6 is 11.6 Å². The summed E-state index contributed by atoms with van der Waals surface area (Å²) in [5.74, 6) is 0.379. The highest BCUT2D eigenvalue weighted by molar-refractivity contribution is 6.32. The van der Waals surface area contributed by atoms with E-state index in [9.17, 15) is 4.79 Å². The maximum Gasteiger partial charge on any atom is 0.331 e. The zero-order chi connectivity index (χ0) is 12.5. The minimum absolute atomic E-state index is 0.232. The minimum Gasteiger partial charge on any atom is -0.495 e. The third-order valence-electron chi connectivity index (χ3n) is 2.86. The van der Waals surface area contributed by atoms with E-state index in [0.29, 0.717) is 10.8 Å². The molecular formula is C12H14ClNO3. The molecular weight excluding hydrogens is 242 g/mol. The number of carbonyl (C=O) groups excluding carboxylic acids is 1. The highest BCUT2D eigenvalue weighted by atomic mass is 35.5. The Balaban J connectivity index is 2.14. The normalized spacial score (nSPS) is 16.2. The molecule has 0 radical (unpaired) electrons. The van der Waals surface area contributed by atoms with Crippen molar-refractivity contribution < 1.29 is 14.3 Å². The van der Waals surface area contributed by atoms with Crippen LogP contribution in [0, 0.1) is 0 Å². The van der Waals surface area contributed by atoms with Crippen LogP contribution in [0.5, 0.6) is 5.75 Å². The molecule has 1 N–H and O–H groups in total. The highest BCUT2D eigenvalue weighted by Crippen LogP contribution is 2.41. The van der Waals surface area contributed by atoms with Crippen LogP contribution in [0.15, 0.2) is 18.2 Å². The first-order chi connectivity index (χ1) is 8.11. The summed E-state index contributed by atoms with van der Waals surface area (Å²) in [6.07, 6.45) is 1.56. The van der Waals surface area contributed by atoms with Crippen molar-refractivity contribution in [1.29, 1.82) is 0 Å². The van der Waals surface area contributed by atoms with Gasteiger partial charge in [-0.05, 0) is 31.0 Å². The maximum absolute atomic E-state index is 11.6. The standard InChI is InChI=1S/C12H14ClNO3/c1-16-10-4-3-8(7-9(10)13)14-12(5-6-12)11(15)17-2/h3-4,7,14H,5-6H2,1-2H3. The Labute approximate surface area is 105 Å². The molecule has 0 aliphatic heterocycles. The number of benzene rings is 1. The molecule has 2 rings (SSSR count). The number of hydrogen-bond donors (Lipinski definition) is 1. The number of esters is 1. The van der Waals surface area contributed by atoms with Gasteiger partial charge >= 0.3 is 5.97 Å². The Bertz CT molecular complexity index is 443. The predicted molar refractivity (Wildman–Crippen MR) is 65.6 cm³/mol. The van der Waals surface area contributed by atoms with Crippen LogP contribution < -0.4 is 10.1 Å². The van der Waals surface area contributed by atoms with E-state index in [1.165, 1.54) is 7.11 Å². The van der Waals surface area contributed by atoms with Crippen molar-refractivity contribution in [1.82, 2.24) is 0 Å². The Hall–Kier alpha value is -1.42. The Morgan fingerprint density at radius 2 is 2.12 bits per heavy atom. The zero-order valence-corrected chi connectivity index (χ0v) is 10.5. The SMILES string of the molecule is COC(=O)C1(Nc2ccc(OC)c(Cl)c2)CC1. The van der Waals surface area contributed by atoms with Crippen LogP contribution in [-0.2, 0) is 9.53 Å². The fourth-order valence-corrected chi connectivity index (χ4v) is 1.98. The van der Waals surface area contributed by atoms with Gasteiger partial charge in [0.2, 0.25) is 0 Å². The number of carbonyl (C=O) groups is 1. The number of nitrogens with one attached hydrogen (secondary N) is 1. The highest BCUT2D eigenvalue weighted by Gasteiger charge is 2.51. The second-order valence-electron chi connectivity index (χ2n) is 4.05. The van der Waals surface area contributed by atoms with Gasteiger partial charge in [-0.3, -0.25) is 0 Å². The molecule has 0 atom stereocenters. The Kier molecular flexibility index (Phi) is 3.15. The molecule has 1 aromatic rings. The van der Waals surface area contributed by atoms with Gasteiger partial charge in [-0.2, -0.15) is 0 Å². The van der Waals surface area contributed by atoms with Crippen LogP contribution in [0.1, 0.15) is 12.8 Å². The van der Waals surface area contributed by atoms with Crippen molar-refractivity contribution in [2.75, 3.05) is 19.5 Å². The molecule has 0 unspecified atom stereocenters. The monoisotopic (exact) mass is 255 g/mol. The summed E-state index contributed by atoms with van der Waals surface area (Å²) in [5, 5.41) is 3.67. The topological polar surface area (TPSA) is 47.6 Å². The van der Waals surface area contributed by atoms with Crippen molar-refractivity contribution in [2.45, 2.75) is 18.4 Å². The molecule has 0 spiro atoms. The molecule has 0 saturated heterocycles. The molecule has 1 saturated carbocycles. The number of hydrogen-bond acceptors (Lipinski definition) is 4. The summed E-state index contributed by atoms with van der Waals surface area (Å²) in [6.45, 7) is 0. The van der Waals surface area contributed by atoms with E-state index in [2.05, 4.69) is 5.32 Å². The summed E-state index contributed by atoms with van der Waals surface area (Å²) in [4.78, 5) is 11.6. The number of halogens is 1. The van der Waals surface area contributed by atoms with Crippen LogP contribution in [0.25, 0.3) is 0 Å². The third-order valence-corrected chi connectivity index (χ3v) is 3.16. The lowest BCUT2D eigenvalue weighted by Crippen LogP contribution is -2.32. The first kappa shape index (κ1) is 12.0. The average Bonchev–Trinajstić information content (AvgIpc) is 3.09. The zero-order valence-electron chi connectivity index (χ0n) is 9.75. The molecule has 5 heteroatoms. The van der Waals surface area contributed by atoms with Gasteiger partial charge in [-0.1, -0.05) is 11.6 Å². The molecule has 0 heterocycles. The van der Waals surface area contributed by atoms with Gasteiger partial charge in [-0.25, -0.2) is 4.79 Å². The minimum atomic E-state index is -0.563. The third kappa shape index (κ3) is 2.31. The number of anilines is 1. The van der Waals surface area contributed by atoms with Gasteiger partial charge in [0.25, 0.3) is 0 Å². The van der Waals surface area contributed by atoms with Crippen LogP contribution in [0.4, 0.5) is 5.69 Å². The molecule has 0 bridgehead atoms. The molecule has 17 heavy (non-hydrogen) atoms. The summed E-state index contributed by atoms with van der Waals surface area (Å²) in [7, 11) is 2.95. The van der Waals surface area contributed by atoms with Crippen LogP contribution in [0.3, 0.4) is 0 Å². The lowest BCUT2D eigenvalue weighted by Gasteiger charge is -2.16. The number of rotatable bonds is 4. The quantitative estimate of drug-likeness (QED) is 0.840. The van der Waals surface area contributed by atoms with Gasteiger partial charge in [0.05, 0.1) is 19.2 Å². The van der Waals surface area contributed by atoms with Crippen molar-refractivity contribution in [2.24, 2.45) is 0 Å². The summed E-state index contributed by atoms with van der Waals surface area (Å²) in [6, 6.07) is 5.33. The van der Waals surface area contributed by atoms with E-state index < -0.39 is 5.54 Å². The fraction of sp³-hybridized carbons (Fsp3) is 0.417. The van der Waals surface area contributed by atoms with Crippen molar-refractivity contribution in [3.63, 3.8) is 0 Å². The Morgan fingerprint density at radius 3 is 2.59 bits per heavy atom. The number of methoxy groups -OCH3 is 2. The van der Waals surface area contributed by atoms with Gasteiger partial charge in [0.15, 0.2) is 0 Å². The largest absolute Gasteiger partial charge is 0.495 e. The molecule has 92 valence electrons. The van der Waals surface area contributed by atoms with Crippen molar-refractivity contribution >= 4 is 23.3 Å². The molecule has 1 aliphatic rings. The molecule has 1 fully saturated rings. The molecule has 0 aromatic heterocycles. The van der Waals surface area contributed by atoms with Crippen LogP contribution in [-0.4, -0.2) is 25.7 Å². The average molecular weight is 256 g/mol. The molecule has 0 amide bonds. The van der Waals surface area contributed by atoms with Gasteiger partial charge < -0.3 is 14.8 Å². The van der Waals surface area contributed by atoms with E-state index >= 15 is 0 Å².